The minimum absolute atomic E-state index is 0.192. The minimum atomic E-state index is -4.49. The maximum Gasteiger partial charge on any atom is 0.433 e. The fourth-order valence-electron chi connectivity index (χ4n) is 0.864. The predicted molar refractivity (Wildman–Crippen MR) is 43.7 cm³/mol. The van der Waals surface area contributed by atoms with Crippen LogP contribution in [0.15, 0.2) is 12.1 Å². The van der Waals surface area contributed by atoms with E-state index in [9.17, 15) is 13.2 Å². The van der Waals surface area contributed by atoms with Crippen LogP contribution < -0.4 is 4.74 Å². The van der Waals surface area contributed by atoms with Crippen molar-refractivity contribution in [2.45, 2.75) is 6.18 Å². The van der Waals surface area contributed by atoms with Crippen molar-refractivity contribution in [3.63, 3.8) is 0 Å². The topological polar surface area (TPSA) is 22.1 Å². The first-order valence-electron chi connectivity index (χ1n) is 3.58. The summed E-state index contributed by atoms with van der Waals surface area (Å²) in [6.45, 7) is 0. The fraction of sp³-hybridized carbons (Fsp3) is 0.222. The molecule has 0 aliphatic rings. The molecule has 1 heterocycles. The fourth-order valence-corrected chi connectivity index (χ4v) is 0.864. The maximum absolute atomic E-state index is 12.2. The first-order valence-corrected chi connectivity index (χ1v) is 3.58. The number of hydrogen-bond donors (Lipinski definition) is 0. The third-order valence-corrected chi connectivity index (χ3v) is 1.50. The Bertz CT molecular complexity index is 379. The summed E-state index contributed by atoms with van der Waals surface area (Å²) in [4.78, 5) is 3.24. The number of alkyl halides is 3. The Morgan fingerprint density at radius 2 is 2.07 bits per heavy atom. The van der Waals surface area contributed by atoms with Gasteiger partial charge in [0.25, 0.3) is 0 Å². The average molecular weight is 201 g/mol. The van der Waals surface area contributed by atoms with Crippen LogP contribution in [0.2, 0.25) is 0 Å². The minimum Gasteiger partial charge on any atom is -0.480 e. The van der Waals surface area contributed by atoms with Gasteiger partial charge in [0.1, 0.15) is 5.69 Å². The molecule has 0 aromatic carbocycles. The highest BCUT2D eigenvalue weighted by molar-refractivity contribution is 5.41. The van der Waals surface area contributed by atoms with E-state index in [1.807, 2.05) is 0 Å². The Kier molecular flexibility index (Phi) is 2.65. The van der Waals surface area contributed by atoms with Gasteiger partial charge in [0.05, 0.1) is 12.7 Å². The van der Waals surface area contributed by atoms with Crippen LogP contribution in [-0.2, 0) is 6.18 Å². The Balaban J connectivity index is 3.23. The number of halogens is 3. The molecule has 0 aliphatic carbocycles. The number of aromatic nitrogens is 1. The third kappa shape index (κ3) is 1.96. The number of pyridine rings is 1. The second-order valence-corrected chi connectivity index (χ2v) is 2.40. The molecule has 1 aromatic heterocycles. The largest absolute Gasteiger partial charge is 0.480 e. The molecule has 74 valence electrons. The summed E-state index contributed by atoms with van der Waals surface area (Å²) in [5.74, 6) is 1.98. The molecule has 1 aromatic rings. The van der Waals surface area contributed by atoms with Gasteiger partial charge in [-0.05, 0) is 12.1 Å². The van der Waals surface area contributed by atoms with E-state index in [0.29, 0.717) is 0 Å². The van der Waals surface area contributed by atoms with Crippen LogP contribution in [0.1, 0.15) is 11.3 Å². The molecule has 0 aliphatic heterocycles. The van der Waals surface area contributed by atoms with Crippen molar-refractivity contribution >= 4 is 0 Å². The summed E-state index contributed by atoms with van der Waals surface area (Å²) < 4.78 is 41.1. The SMILES string of the molecule is C#Cc1ccc(C(F)(F)F)nc1OC. The molecule has 0 amide bonds. The zero-order valence-corrected chi connectivity index (χ0v) is 7.22. The quantitative estimate of drug-likeness (QED) is 0.649. The van der Waals surface area contributed by atoms with Crippen molar-refractivity contribution in [3.8, 4) is 18.2 Å². The Labute approximate surface area is 78.7 Å². The Morgan fingerprint density at radius 1 is 1.43 bits per heavy atom. The van der Waals surface area contributed by atoms with E-state index in [1.165, 1.54) is 7.11 Å². The van der Waals surface area contributed by atoms with Gasteiger partial charge in [-0.1, -0.05) is 5.92 Å². The second-order valence-electron chi connectivity index (χ2n) is 2.40. The highest BCUT2D eigenvalue weighted by atomic mass is 19.4. The van der Waals surface area contributed by atoms with Gasteiger partial charge in [-0.25, -0.2) is 4.98 Å². The number of nitrogens with zero attached hydrogens (tertiary/aromatic N) is 1. The summed E-state index contributed by atoms with van der Waals surface area (Å²) in [6.07, 6.45) is 0.548. The summed E-state index contributed by atoms with van der Waals surface area (Å²) in [6, 6.07) is 1.96. The van der Waals surface area contributed by atoms with Gasteiger partial charge in [-0.2, -0.15) is 13.2 Å². The lowest BCUT2D eigenvalue weighted by Gasteiger charge is -2.08. The van der Waals surface area contributed by atoms with E-state index < -0.39 is 11.9 Å². The molecule has 0 unspecified atom stereocenters. The molecule has 0 saturated carbocycles. The van der Waals surface area contributed by atoms with Gasteiger partial charge < -0.3 is 4.74 Å². The van der Waals surface area contributed by atoms with Gasteiger partial charge in [0.2, 0.25) is 5.88 Å². The molecule has 5 heteroatoms. The Hall–Kier alpha value is -1.70. The summed E-state index contributed by atoms with van der Waals surface area (Å²) in [5.41, 5.74) is -0.825. The third-order valence-electron chi connectivity index (χ3n) is 1.50. The summed E-state index contributed by atoms with van der Waals surface area (Å²) >= 11 is 0. The number of hydrogen-bond acceptors (Lipinski definition) is 2. The van der Waals surface area contributed by atoms with Crippen molar-refractivity contribution in [1.82, 2.24) is 4.98 Å². The number of ether oxygens (including phenoxy) is 1. The first-order chi connectivity index (χ1) is 6.49. The zero-order valence-electron chi connectivity index (χ0n) is 7.22. The molecule has 0 saturated heterocycles. The Morgan fingerprint density at radius 3 is 2.50 bits per heavy atom. The number of terminal acetylenes is 1. The molecule has 0 bridgehead atoms. The van der Waals surface area contributed by atoms with Gasteiger partial charge in [-0.3, -0.25) is 0 Å². The number of methoxy groups -OCH3 is 1. The monoisotopic (exact) mass is 201 g/mol. The maximum atomic E-state index is 12.2. The highest BCUT2D eigenvalue weighted by Crippen LogP contribution is 2.29. The van der Waals surface area contributed by atoms with Crippen molar-refractivity contribution in [2.75, 3.05) is 7.11 Å². The van der Waals surface area contributed by atoms with Gasteiger partial charge in [-0.15, -0.1) is 6.42 Å². The van der Waals surface area contributed by atoms with E-state index in [1.54, 1.807) is 0 Å². The van der Waals surface area contributed by atoms with Crippen molar-refractivity contribution in [1.29, 1.82) is 0 Å². The average Bonchev–Trinajstić information content (AvgIpc) is 2.15. The lowest BCUT2D eigenvalue weighted by molar-refractivity contribution is -0.141. The van der Waals surface area contributed by atoms with Gasteiger partial charge in [0.15, 0.2) is 0 Å². The molecule has 0 radical (unpaired) electrons. The highest BCUT2D eigenvalue weighted by Gasteiger charge is 2.33. The van der Waals surface area contributed by atoms with E-state index in [-0.39, 0.29) is 11.4 Å². The molecular weight excluding hydrogens is 195 g/mol. The normalized spacial score (nSPS) is 10.8. The van der Waals surface area contributed by atoms with E-state index in [2.05, 4.69) is 15.6 Å². The molecule has 2 nitrogen and oxygen atoms in total. The van der Waals surface area contributed by atoms with E-state index >= 15 is 0 Å². The predicted octanol–water partition coefficient (Wildman–Crippen LogP) is 2.09. The molecule has 14 heavy (non-hydrogen) atoms. The molecule has 0 N–H and O–H groups in total. The van der Waals surface area contributed by atoms with Gasteiger partial charge in [0, 0.05) is 0 Å². The first kappa shape index (κ1) is 10.4. The molecule has 0 spiro atoms. The van der Waals surface area contributed by atoms with Crippen molar-refractivity contribution < 1.29 is 17.9 Å². The molecular formula is C9H6F3NO. The summed E-state index contributed by atoms with van der Waals surface area (Å²) in [5, 5.41) is 0. The lowest BCUT2D eigenvalue weighted by Crippen LogP contribution is -2.09. The lowest BCUT2D eigenvalue weighted by atomic mass is 10.2. The van der Waals surface area contributed by atoms with Crippen molar-refractivity contribution in [3.05, 3.63) is 23.4 Å². The zero-order chi connectivity index (χ0) is 10.8. The molecule has 1 rings (SSSR count). The van der Waals surface area contributed by atoms with Crippen LogP contribution >= 0.6 is 0 Å². The van der Waals surface area contributed by atoms with Crippen LogP contribution in [0.3, 0.4) is 0 Å². The van der Waals surface area contributed by atoms with Crippen LogP contribution in [0.5, 0.6) is 5.88 Å². The summed E-state index contributed by atoms with van der Waals surface area (Å²) in [7, 11) is 1.21. The number of rotatable bonds is 1. The van der Waals surface area contributed by atoms with E-state index in [0.717, 1.165) is 12.1 Å². The van der Waals surface area contributed by atoms with Crippen LogP contribution in [0.4, 0.5) is 13.2 Å². The van der Waals surface area contributed by atoms with Crippen molar-refractivity contribution in [2.24, 2.45) is 0 Å². The van der Waals surface area contributed by atoms with Crippen LogP contribution in [0, 0.1) is 12.3 Å². The second kappa shape index (κ2) is 3.58. The molecule has 0 atom stereocenters. The molecule has 0 fully saturated rings. The van der Waals surface area contributed by atoms with E-state index in [4.69, 9.17) is 6.42 Å². The van der Waals surface area contributed by atoms with Crippen LogP contribution in [-0.4, -0.2) is 12.1 Å². The van der Waals surface area contributed by atoms with Gasteiger partial charge >= 0.3 is 6.18 Å². The standard InChI is InChI=1S/C9H6F3NO/c1-3-6-4-5-7(9(10,11)12)13-8(6)14-2/h1,4-5H,2H3. The van der Waals surface area contributed by atoms with Crippen LogP contribution in [0.25, 0.3) is 0 Å². The smallest absolute Gasteiger partial charge is 0.433 e.